The van der Waals surface area contributed by atoms with Gasteiger partial charge in [-0.1, -0.05) is 11.8 Å². The van der Waals surface area contributed by atoms with Crippen LogP contribution in [0.5, 0.6) is 0 Å². The Morgan fingerprint density at radius 3 is 2.06 bits per heavy atom. The fraction of sp³-hybridized carbons (Fsp3) is 0.174. The van der Waals surface area contributed by atoms with Gasteiger partial charge in [-0.3, -0.25) is 14.9 Å². The highest BCUT2D eigenvalue weighted by atomic mass is 32.2. The Labute approximate surface area is 187 Å². The molecule has 0 aromatic heterocycles. The van der Waals surface area contributed by atoms with E-state index in [1.54, 1.807) is 41.3 Å². The highest BCUT2D eigenvalue weighted by Gasteiger charge is 2.25. The van der Waals surface area contributed by atoms with Gasteiger partial charge in [0.25, 0.3) is 11.6 Å². The van der Waals surface area contributed by atoms with Crippen molar-refractivity contribution in [2.75, 3.05) is 31.1 Å². The van der Waals surface area contributed by atoms with Crippen LogP contribution < -0.4 is 4.90 Å². The summed E-state index contributed by atoms with van der Waals surface area (Å²) in [4.78, 5) is 28.8. The molecule has 0 unspecified atom stereocenters. The summed E-state index contributed by atoms with van der Waals surface area (Å²) < 4.78 is 26.2. The maximum Gasteiger partial charge on any atom is 0.284 e. The molecule has 1 saturated heterocycles. The molecule has 0 N–H and O–H groups in total. The van der Waals surface area contributed by atoms with Gasteiger partial charge >= 0.3 is 0 Å². The normalized spacial score (nSPS) is 13.8. The second-order valence-corrected chi connectivity index (χ2v) is 8.37. The molecule has 0 aliphatic carbocycles. The molecule has 1 heterocycles. The molecule has 9 heteroatoms. The van der Waals surface area contributed by atoms with E-state index < -0.39 is 4.92 Å². The highest BCUT2D eigenvalue weighted by Crippen LogP contribution is 2.35. The van der Waals surface area contributed by atoms with Crippen molar-refractivity contribution in [2.24, 2.45) is 0 Å². The summed E-state index contributed by atoms with van der Waals surface area (Å²) in [6.07, 6.45) is 0. The first kappa shape index (κ1) is 21.8. The predicted octanol–water partition coefficient (Wildman–Crippen LogP) is 4.99. The van der Waals surface area contributed by atoms with Crippen LogP contribution in [0.15, 0.2) is 76.5 Å². The topological polar surface area (TPSA) is 66.7 Å². The molecule has 1 aliphatic heterocycles. The number of nitrogens with zero attached hydrogens (tertiary/aromatic N) is 3. The lowest BCUT2D eigenvalue weighted by molar-refractivity contribution is -0.387. The van der Waals surface area contributed by atoms with E-state index in [1.165, 1.54) is 30.3 Å². The van der Waals surface area contributed by atoms with Crippen molar-refractivity contribution in [2.45, 2.75) is 9.79 Å². The molecule has 164 valence electrons. The van der Waals surface area contributed by atoms with E-state index in [-0.39, 0.29) is 28.8 Å². The summed E-state index contributed by atoms with van der Waals surface area (Å²) >= 11 is 1.14. The van der Waals surface area contributed by atoms with Gasteiger partial charge in [-0.25, -0.2) is 8.78 Å². The molecule has 0 radical (unpaired) electrons. The third-order valence-corrected chi connectivity index (χ3v) is 6.28. The number of amides is 1. The lowest BCUT2D eigenvalue weighted by Crippen LogP contribution is -2.48. The van der Waals surface area contributed by atoms with Crippen molar-refractivity contribution in [3.8, 4) is 0 Å². The number of carbonyl (C=O) groups excluding carboxylic acids is 1. The van der Waals surface area contributed by atoms with Gasteiger partial charge in [0.2, 0.25) is 0 Å². The molecule has 6 nitrogen and oxygen atoms in total. The number of piperazine rings is 1. The molecule has 1 amide bonds. The monoisotopic (exact) mass is 455 g/mol. The van der Waals surface area contributed by atoms with Crippen molar-refractivity contribution >= 4 is 29.0 Å². The number of anilines is 1. The van der Waals surface area contributed by atoms with Crippen LogP contribution in [0, 0.1) is 21.7 Å². The van der Waals surface area contributed by atoms with Gasteiger partial charge < -0.3 is 9.80 Å². The second kappa shape index (κ2) is 9.35. The quantitative estimate of drug-likeness (QED) is 0.401. The Balaban J connectivity index is 1.46. The number of rotatable bonds is 5. The van der Waals surface area contributed by atoms with Crippen LogP contribution in [0.25, 0.3) is 0 Å². The largest absolute Gasteiger partial charge is 0.368 e. The number of carbonyl (C=O) groups is 1. The number of hydrogen-bond donors (Lipinski definition) is 0. The van der Waals surface area contributed by atoms with Crippen LogP contribution in [0.4, 0.5) is 20.2 Å². The summed E-state index contributed by atoms with van der Waals surface area (Å²) in [5, 5.41) is 11.6. The first-order valence-electron chi connectivity index (χ1n) is 9.92. The molecule has 0 saturated carbocycles. The molecule has 1 aliphatic rings. The van der Waals surface area contributed by atoms with Crippen LogP contribution in [-0.2, 0) is 0 Å². The number of benzene rings is 3. The smallest absolute Gasteiger partial charge is 0.284 e. The first-order chi connectivity index (χ1) is 15.4. The van der Waals surface area contributed by atoms with Crippen molar-refractivity contribution in [3.05, 3.63) is 94.0 Å². The summed E-state index contributed by atoms with van der Waals surface area (Å²) in [6.45, 7) is 2.07. The third kappa shape index (κ3) is 4.88. The average Bonchev–Trinajstić information content (AvgIpc) is 2.81. The van der Waals surface area contributed by atoms with Crippen LogP contribution in [0.1, 0.15) is 10.4 Å². The molecule has 1 fully saturated rings. The standard InChI is InChI=1S/C23H19F2N3O3S/c24-17-2-6-19(7-3-17)26-11-13-27(14-12-26)23(29)16-1-10-22(21(15-16)28(30)31)32-20-8-4-18(25)5-9-20/h1-10,15H,11-14H2. The third-order valence-electron chi connectivity index (χ3n) is 5.20. The molecular formula is C23H19F2N3O3S. The van der Waals surface area contributed by atoms with Crippen LogP contribution in [0.2, 0.25) is 0 Å². The van der Waals surface area contributed by atoms with Gasteiger partial charge in [-0.15, -0.1) is 0 Å². The number of nitro benzene ring substituents is 1. The fourth-order valence-corrected chi connectivity index (χ4v) is 4.41. The molecule has 0 bridgehead atoms. The molecule has 0 atom stereocenters. The zero-order chi connectivity index (χ0) is 22.7. The molecule has 3 aromatic carbocycles. The Morgan fingerprint density at radius 2 is 1.47 bits per heavy atom. The predicted molar refractivity (Wildman–Crippen MR) is 118 cm³/mol. The van der Waals surface area contributed by atoms with E-state index in [0.29, 0.717) is 36.0 Å². The van der Waals surface area contributed by atoms with Crippen LogP contribution in [0.3, 0.4) is 0 Å². The summed E-state index contributed by atoms with van der Waals surface area (Å²) in [7, 11) is 0. The lowest BCUT2D eigenvalue weighted by atomic mass is 10.1. The molecule has 0 spiro atoms. The minimum atomic E-state index is -0.519. The number of halogens is 2. The Hall–Kier alpha value is -3.46. The van der Waals surface area contributed by atoms with Crippen molar-refractivity contribution in [1.29, 1.82) is 0 Å². The molecular weight excluding hydrogens is 436 g/mol. The summed E-state index contributed by atoms with van der Waals surface area (Å²) in [6, 6.07) is 16.3. The lowest BCUT2D eigenvalue weighted by Gasteiger charge is -2.36. The molecule has 32 heavy (non-hydrogen) atoms. The number of hydrogen-bond acceptors (Lipinski definition) is 5. The molecule has 3 aromatic rings. The summed E-state index contributed by atoms with van der Waals surface area (Å²) in [5.74, 6) is -0.959. The zero-order valence-corrected chi connectivity index (χ0v) is 17.7. The Bertz CT molecular complexity index is 1130. The van der Waals surface area contributed by atoms with Crippen molar-refractivity contribution in [3.63, 3.8) is 0 Å². The van der Waals surface area contributed by atoms with Crippen molar-refractivity contribution < 1.29 is 18.5 Å². The minimum absolute atomic E-state index is 0.171. The average molecular weight is 455 g/mol. The van der Waals surface area contributed by atoms with Crippen LogP contribution in [-0.4, -0.2) is 41.9 Å². The van der Waals surface area contributed by atoms with E-state index in [4.69, 9.17) is 0 Å². The van der Waals surface area contributed by atoms with E-state index in [2.05, 4.69) is 4.90 Å². The van der Waals surface area contributed by atoms with Crippen LogP contribution >= 0.6 is 11.8 Å². The van der Waals surface area contributed by atoms with E-state index >= 15 is 0 Å². The van der Waals surface area contributed by atoms with Gasteiger partial charge in [-0.2, -0.15) is 0 Å². The number of nitro groups is 1. The Morgan fingerprint density at radius 1 is 0.875 bits per heavy atom. The zero-order valence-electron chi connectivity index (χ0n) is 16.9. The van der Waals surface area contributed by atoms with Crippen molar-refractivity contribution in [1.82, 2.24) is 4.90 Å². The highest BCUT2D eigenvalue weighted by molar-refractivity contribution is 7.99. The maximum atomic E-state index is 13.1. The van der Waals surface area contributed by atoms with Gasteiger partial charge in [0.1, 0.15) is 11.6 Å². The molecule has 4 rings (SSSR count). The van der Waals surface area contributed by atoms with E-state index in [9.17, 15) is 23.7 Å². The summed E-state index contributed by atoms with van der Waals surface area (Å²) in [5.41, 5.74) is 0.960. The van der Waals surface area contributed by atoms with Gasteiger partial charge in [-0.05, 0) is 60.7 Å². The second-order valence-electron chi connectivity index (χ2n) is 7.25. The minimum Gasteiger partial charge on any atom is -0.368 e. The van der Waals surface area contributed by atoms with Gasteiger partial charge in [0, 0.05) is 48.4 Å². The van der Waals surface area contributed by atoms with E-state index in [1.807, 2.05) is 0 Å². The Kier molecular flexibility index (Phi) is 6.36. The van der Waals surface area contributed by atoms with E-state index in [0.717, 1.165) is 17.4 Å². The maximum absolute atomic E-state index is 13.1. The van der Waals surface area contributed by atoms with Gasteiger partial charge in [0.15, 0.2) is 0 Å². The first-order valence-corrected chi connectivity index (χ1v) is 10.7. The SMILES string of the molecule is O=C(c1ccc(Sc2ccc(F)cc2)c([N+](=O)[O-])c1)N1CCN(c2ccc(F)cc2)CC1. The van der Waals surface area contributed by atoms with Gasteiger partial charge in [0.05, 0.1) is 9.82 Å². The fourth-order valence-electron chi connectivity index (χ4n) is 3.51.